The van der Waals surface area contributed by atoms with Gasteiger partial charge in [0, 0.05) is 25.8 Å². The summed E-state index contributed by atoms with van der Waals surface area (Å²) in [6.45, 7) is 1.48. The molecule has 1 aromatic heterocycles. The molecule has 1 fully saturated rings. The number of benzene rings is 1. The van der Waals surface area contributed by atoms with Crippen LogP contribution in [0.5, 0.6) is 0 Å². The summed E-state index contributed by atoms with van der Waals surface area (Å²) < 4.78 is 32.4. The quantitative estimate of drug-likeness (QED) is 0.778. The van der Waals surface area contributed by atoms with Gasteiger partial charge in [-0.05, 0) is 23.8 Å². The fourth-order valence-corrected chi connectivity index (χ4v) is 4.36. The molecule has 2 aromatic rings. The number of amides is 1. The van der Waals surface area contributed by atoms with E-state index in [4.69, 9.17) is 16.3 Å². The van der Waals surface area contributed by atoms with Crippen LogP contribution in [0.2, 0.25) is 5.15 Å². The smallest absolute Gasteiger partial charge is 0.253 e. The number of rotatable bonds is 5. The van der Waals surface area contributed by atoms with Crippen LogP contribution in [-0.2, 0) is 21.3 Å². The Morgan fingerprint density at radius 2 is 1.92 bits per heavy atom. The molecule has 1 amide bonds. The number of aromatic nitrogens is 1. The molecular weight excluding hydrogens is 378 g/mol. The molecule has 7 nitrogen and oxygen atoms in total. The van der Waals surface area contributed by atoms with Crippen molar-refractivity contribution in [3.05, 3.63) is 58.9 Å². The van der Waals surface area contributed by atoms with Crippen molar-refractivity contribution in [2.75, 3.05) is 26.3 Å². The zero-order valence-electron chi connectivity index (χ0n) is 13.9. The molecule has 9 heteroatoms. The van der Waals surface area contributed by atoms with E-state index < -0.39 is 10.0 Å². The Bertz CT molecular complexity index is 881. The molecular formula is C17H18ClN3O4S. The van der Waals surface area contributed by atoms with Gasteiger partial charge in [0.2, 0.25) is 10.0 Å². The van der Waals surface area contributed by atoms with Gasteiger partial charge in [0.15, 0.2) is 0 Å². The number of hydrogen-bond donors (Lipinski definition) is 1. The molecule has 0 saturated carbocycles. The predicted molar refractivity (Wildman–Crippen MR) is 96.4 cm³/mol. The van der Waals surface area contributed by atoms with Crippen LogP contribution in [0.1, 0.15) is 15.9 Å². The van der Waals surface area contributed by atoms with Crippen molar-refractivity contribution >= 4 is 27.5 Å². The first-order chi connectivity index (χ1) is 12.5. The van der Waals surface area contributed by atoms with Gasteiger partial charge in [-0.1, -0.05) is 29.8 Å². The highest BCUT2D eigenvalue weighted by Gasteiger charge is 2.28. The molecule has 1 N–H and O–H groups in total. The lowest BCUT2D eigenvalue weighted by atomic mass is 10.2. The molecule has 0 aliphatic carbocycles. The number of carbonyl (C=O) groups excluding carboxylic acids is 1. The second-order valence-corrected chi connectivity index (χ2v) is 7.97. The molecule has 2 heterocycles. The second-order valence-electron chi connectivity index (χ2n) is 5.68. The van der Waals surface area contributed by atoms with Gasteiger partial charge in [-0.3, -0.25) is 4.79 Å². The van der Waals surface area contributed by atoms with Crippen molar-refractivity contribution in [3.63, 3.8) is 0 Å². The van der Waals surface area contributed by atoms with Gasteiger partial charge >= 0.3 is 0 Å². The summed E-state index contributed by atoms with van der Waals surface area (Å²) in [5, 5.41) is 3.02. The zero-order valence-corrected chi connectivity index (χ0v) is 15.5. The minimum atomic E-state index is -3.64. The van der Waals surface area contributed by atoms with Crippen molar-refractivity contribution in [1.82, 2.24) is 14.6 Å². The summed E-state index contributed by atoms with van der Waals surface area (Å²) in [6, 6.07) is 9.73. The largest absolute Gasteiger partial charge is 0.379 e. The fraction of sp³-hybridized carbons (Fsp3) is 0.294. The average Bonchev–Trinajstić information content (AvgIpc) is 2.67. The number of nitrogens with one attached hydrogen (secondary N) is 1. The Balaban J connectivity index is 1.77. The lowest BCUT2D eigenvalue weighted by Crippen LogP contribution is -2.41. The monoisotopic (exact) mass is 395 g/mol. The van der Waals surface area contributed by atoms with E-state index in [1.165, 1.54) is 16.6 Å². The highest BCUT2D eigenvalue weighted by molar-refractivity contribution is 7.89. The van der Waals surface area contributed by atoms with Crippen molar-refractivity contribution in [2.24, 2.45) is 0 Å². The van der Waals surface area contributed by atoms with Gasteiger partial charge in [0.1, 0.15) is 5.15 Å². The van der Waals surface area contributed by atoms with Crippen LogP contribution in [0.15, 0.2) is 47.5 Å². The Labute approximate surface area is 157 Å². The van der Waals surface area contributed by atoms with Gasteiger partial charge in [-0.15, -0.1) is 0 Å². The summed E-state index contributed by atoms with van der Waals surface area (Å²) in [5.74, 6) is -0.354. The predicted octanol–water partition coefficient (Wildman–Crippen LogP) is 1.69. The molecule has 1 saturated heterocycles. The standard InChI is InChI=1S/C17H18ClN3O4S/c18-16-6-5-14(12-19-16)17(22)20-11-13-3-1-2-4-15(13)26(23,24)21-7-9-25-10-8-21/h1-6,12H,7-11H2,(H,20,22). The van der Waals surface area contributed by atoms with E-state index >= 15 is 0 Å². The molecule has 26 heavy (non-hydrogen) atoms. The van der Waals surface area contributed by atoms with E-state index in [2.05, 4.69) is 10.3 Å². The molecule has 0 bridgehead atoms. The minimum Gasteiger partial charge on any atom is -0.379 e. The number of hydrogen-bond acceptors (Lipinski definition) is 5. The summed E-state index contributed by atoms with van der Waals surface area (Å²) >= 11 is 5.71. The van der Waals surface area contributed by atoms with Crippen LogP contribution in [0.25, 0.3) is 0 Å². The molecule has 0 radical (unpaired) electrons. The van der Waals surface area contributed by atoms with Crippen LogP contribution >= 0.6 is 11.6 Å². The molecule has 0 atom stereocenters. The summed E-state index contributed by atoms with van der Waals surface area (Å²) in [5.41, 5.74) is 0.872. The number of carbonyl (C=O) groups is 1. The van der Waals surface area contributed by atoms with E-state index in [-0.39, 0.29) is 17.3 Å². The minimum absolute atomic E-state index is 0.0845. The van der Waals surface area contributed by atoms with Crippen LogP contribution in [-0.4, -0.2) is 49.9 Å². The Kier molecular flexibility index (Phi) is 5.87. The van der Waals surface area contributed by atoms with E-state index in [1.807, 2.05) is 0 Å². The average molecular weight is 396 g/mol. The Morgan fingerprint density at radius 1 is 1.19 bits per heavy atom. The second kappa shape index (κ2) is 8.13. The molecule has 0 unspecified atom stereocenters. The lowest BCUT2D eigenvalue weighted by Gasteiger charge is -2.27. The van der Waals surface area contributed by atoms with E-state index in [9.17, 15) is 13.2 Å². The van der Waals surface area contributed by atoms with Crippen molar-refractivity contribution in [2.45, 2.75) is 11.4 Å². The van der Waals surface area contributed by atoms with Gasteiger partial charge in [0.25, 0.3) is 5.91 Å². The van der Waals surface area contributed by atoms with Gasteiger partial charge in [-0.2, -0.15) is 4.31 Å². The molecule has 1 aliphatic heterocycles. The van der Waals surface area contributed by atoms with Crippen molar-refractivity contribution in [3.8, 4) is 0 Å². The highest BCUT2D eigenvalue weighted by atomic mass is 35.5. The third-order valence-corrected chi connectivity index (χ3v) is 6.21. The number of nitrogens with zero attached hydrogens (tertiary/aromatic N) is 2. The van der Waals surface area contributed by atoms with Crippen molar-refractivity contribution in [1.29, 1.82) is 0 Å². The maximum atomic E-state index is 12.9. The first-order valence-corrected chi connectivity index (χ1v) is 9.86. The number of ether oxygens (including phenoxy) is 1. The van der Waals surface area contributed by atoms with Gasteiger partial charge < -0.3 is 10.1 Å². The Morgan fingerprint density at radius 3 is 2.62 bits per heavy atom. The number of halogens is 1. The summed E-state index contributed by atoms with van der Waals surface area (Å²) in [6.07, 6.45) is 1.37. The Hall–Kier alpha value is -2.00. The highest BCUT2D eigenvalue weighted by Crippen LogP contribution is 2.21. The van der Waals surface area contributed by atoms with Crippen LogP contribution < -0.4 is 5.32 Å². The fourth-order valence-electron chi connectivity index (χ4n) is 2.62. The van der Waals surface area contributed by atoms with E-state index in [1.54, 1.807) is 30.3 Å². The summed E-state index contributed by atoms with van der Waals surface area (Å²) in [4.78, 5) is 16.3. The first-order valence-electron chi connectivity index (χ1n) is 8.04. The summed E-state index contributed by atoms with van der Waals surface area (Å²) in [7, 11) is -3.64. The van der Waals surface area contributed by atoms with Crippen molar-refractivity contribution < 1.29 is 17.9 Å². The molecule has 1 aliphatic rings. The van der Waals surface area contributed by atoms with Gasteiger partial charge in [0.05, 0.1) is 23.7 Å². The van der Waals surface area contributed by atoms with E-state index in [0.29, 0.717) is 42.6 Å². The van der Waals surface area contributed by atoms with Gasteiger partial charge in [-0.25, -0.2) is 13.4 Å². The zero-order chi connectivity index (χ0) is 18.6. The van der Waals surface area contributed by atoms with Crippen LogP contribution in [0.4, 0.5) is 0 Å². The maximum absolute atomic E-state index is 12.9. The number of sulfonamides is 1. The number of pyridine rings is 1. The maximum Gasteiger partial charge on any atom is 0.253 e. The molecule has 138 valence electrons. The molecule has 1 aromatic carbocycles. The SMILES string of the molecule is O=C(NCc1ccccc1S(=O)(=O)N1CCOCC1)c1ccc(Cl)nc1. The lowest BCUT2D eigenvalue weighted by molar-refractivity contribution is 0.0730. The topological polar surface area (TPSA) is 88.6 Å². The van der Waals surface area contributed by atoms with Crippen LogP contribution in [0.3, 0.4) is 0 Å². The normalized spacial score (nSPS) is 15.6. The number of morpholine rings is 1. The van der Waals surface area contributed by atoms with E-state index in [0.717, 1.165) is 0 Å². The van der Waals surface area contributed by atoms with Crippen LogP contribution in [0, 0.1) is 0 Å². The third-order valence-electron chi connectivity index (χ3n) is 3.99. The first kappa shape index (κ1) is 18.8. The third kappa shape index (κ3) is 4.21. The molecule has 0 spiro atoms. The molecule has 3 rings (SSSR count).